The fourth-order valence-electron chi connectivity index (χ4n) is 3.22. The van der Waals surface area contributed by atoms with Crippen molar-refractivity contribution in [2.75, 3.05) is 6.54 Å². The molecule has 21 heavy (non-hydrogen) atoms. The van der Waals surface area contributed by atoms with E-state index in [1.54, 1.807) is 12.1 Å². The van der Waals surface area contributed by atoms with Crippen LogP contribution in [0.3, 0.4) is 0 Å². The van der Waals surface area contributed by atoms with Gasteiger partial charge in [-0.3, -0.25) is 4.79 Å². The summed E-state index contributed by atoms with van der Waals surface area (Å²) in [6, 6.07) is 6.14. The number of amides is 1. The second-order valence-electron chi connectivity index (χ2n) is 6.28. The van der Waals surface area contributed by atoms with Crippen molar-refractivity contribution in [3.05, 3.63) is 35.6 Å². The minimum absolute atomic E-state index is 0.0230. The van der Waals surface area contributed by atoms with Gasteiger partial charge in [0, 0.05) is 6.42 Å². The summed E-state index contributed by atoms with van der Waals surface area (Å²) in [4.78, 5) is 12.3. The van der Waals surface area contributed by atoms with Crippen molar-refractivity contribution in [1.29, 1.82) is 0 Å². The lowest BCUT2D eigenvalue weighted by molar-refractivity contribution is -0.124. The molecular weight excluding hydrogens is 267 g/mol. The predicted molar refractivity (Wildman–Crippen MR) is 82.1 cm³/mol. The first kappa shape index (κ1) is 16.0. The molecule has 0 aromatic heterocycles. The van der Waals surface area contributed by atoms with Gasteiger partial charge < -0.3 is 11.1 Å². The van der Waals surface area contributed by atoms with Gasteiger partial charge in [-0.25, -0.2) is 4.39 Å². The summed E-state index contributed by atoms with van der Waals surface area (Å²) in [6.07, 6.45) is 6.16. The molecule has 2 rings (SSSR count). The Bertz CT molecular complexity index is 466. The van der Waals surface area contributed by atoms with Gasteiger partial charge in [-0.05, 0) is 49.4 Å². The predicted octanol–water partition coefficient (Wildman–Crippen LogP) is 3.30. The fourth-order valence-corrected chi connectivity index (χ4v) is 3.22. The van der Waals surface area contributed by atoms with E-state index in [4.69, 9.17) is 5.73 Å². The highest BCUT2D eigenvalue weighted by atomic mass is 19.1. The van der Waals surface area contributed by atoms with Gasteiger partial charge in [0.05, 0.1) is 6.04 Å². The molecule has 0 spiro atoms. The molecule has 0 saturated heterocycles. The van der Waals surface area contributed by atoms with Crippen LogP contribution >= 0.6 is 0 Å². The Morgan fingerprint density at radius 2 is 1.90 bits per heavy atom. The molecule has 0 bridgehead atoms. The molecule has 0 heterocycles. The van der Waals surface area contributed by atoms with E-state index < -0.39 is 0 Å². The first-order valence-corrected chi connectivity index (χ1v) is 7.80. The van der Waals surface area contributed by atoms with Crippen LogP contribution in [0, 0.1) is 11.2 Å². The van der Waals surface area contributed by atoms with E-state index in [2.05, 4.69) is 5.32 Å². The normalized spacial score (nSPS) is 19.0. The van der Waals surface area contributed by atoms with Crippen LogP contribution in [0.15, 0.2) is 24.3 Å². The molecule has 1 aromatic carbocycles. The zero-order valence-corrected chi connectivity index (χ0v) is 12.7. The Balaban J connectivity index is 1.92. The van der Waals surface area contributed by atoms with Gasteiger partial charge in [0.1, 0.15) is 5.82 Å². The summed E-state index contributed by atoms with van der Waals surface area (Å²) in [7, 11) is 0. The Kier molecular flexibility index (Phi) is 5.34. The van der Waals surface area contributed by atoms with E-state index in [9.17, 15) is 9.18 Å². The Labute approximate surface area is 126 Å². The maximum Gasteiger partial charge on any atom is 0.221 e. The summed E-state index contributed by atoms with van der Waals surface area (Å²) in [6.45, 7) is 2.49. The van der Waals surface area contributed by atoms with Crippen molar-refractivity contribution in [3.63, 3.8) is 0 Å². The van der Waals surface area contributed by atoms with E-state index in [1.165, 1.54) is 18.6 Å². The van der Waals surface area contributed by atoms with Crippen LogP contribution in [0.2, 0.25) is 0 Å². The van der Waals surface area contributed by atoms with Gasteiger partial charge in [-0.2, -0.15) is 0 Å². The quantitative estimate of drug-likeness (QED) is 0.875. The average molecular weight is 292 g/mol. The molecule has 3 nitrogen and oxygen atoms in total. The second-order valence-corrected chi connectivity index (χ2v) is 6.28. The maximum absolute atomic E-state index is 12.9. The van der Waals surface area contributed by atoms with Gasteiger partial charge in [0.2, 0.25) is 5.91 Å². The van der Waals surface area contributed by atoms with Crippen LogP contribution in [0.4, 0.5) is 4.39 Å². The van der Waals surface area contributed by atoms with Crippen molar-refractivity contribution in [2.24, 2.45) is 11.1 Å². The smallest absolute Gasteiger partial charge is 0.221 e. The average Bonchev–Trinajstić information content (AvgIpc) is 2.48. The minimum atomic E-state index is -0.262. The third-order valence-corrected chi connectivity index (χ3v) is 4.63. The van der Waals surface area contributed by atoms with Gasteiger partial charge >= 0.3 is 0 Å². The highest BCUT2D eigenvalue weighted by Crippen LogP contribution is 2.38. The SMILES string of the molecule is CC(NC(=O)CC1(CN)CCCCC1)c1ccc(F)cc1. The van der Waals surface area contributed by atoms with Crippen LogP contribution in [0.25, 0.3) is 0 Å². The third kappa shape index (κ3) is 4.27. The van der Waals surface area contributed by atoms with Gasteiger partial charge in [0.25, 0.3) is 0 Å². The second kappa shape index (κ2) is 7.03. The molecule has 1 atom stereocenters. The van der Waals surface area contributed by atoms with E-state index in [0.29, 0.717) is 13.0 Å². The lowest BCUT2D eigenvalue weighted by atomic mass is 9.71. The molecule has 4 heteroatoms. The number of nitrogens with two attached hydrogens (primary N) is 1. The van der Waals surface area contributed by atoms with E-state index in [0.717, 1.165) is 31.2 Å². The lowest BCUT2D eigenvalue weighted by Crippen LogP contribution is -2.39. The van der Waals surface area contributed by atoms with Crippen LogP contribution in [0.5, 0.6) is 0 Å². The molecule has 1 aromatic rings. The number of halogens is 1. The van der Waals surface area contributed by atoms with Crippen molar-refractivity contribution in [2.45, 2.75) is 51.5 Å². The highest BCUT2D eigenvalue weighted by Gasteiger charge is 2.33. The van der Waals surface area contributed by atoms with E-state index in [1.807, 2.05) is 6.92 Å². The summed E-state index contributed by atoms with van der Waals surface area (Å²) in [5.41, 5.74) is 6.81. The lowest BCUT2D eigenvalue weighted by Gasteiger charge is -2.36. The fraction of sp³-hybridized carbons (Fsp3) is 0.588. The van der Waals surface area contributed by atoms with Crippen molar-refractivity contribution in [3.8, 4) is 0 Å². The molecule has 3 N–H and O–H groups in total. The zero-order valence-electron chi connectivity index (χ0n) is 12.7. The molecule has 1 saturated carbocycles. The number of hydrogen-bond acceptors (Lipinski definition) is 2. The number of hydrogen-bond donors (Lipinski definition) is 2. The van der Waals surface area contributed by atoms with E-state index in [-0.39, 0.29) is 23.2 Å². The largest absolute Gasteiger partial charge is 0.350 e. The molecule has 1 unspecified atom stereocenters. The number of benzene rings is 1. The van der Waals surface area contributed by atoms with Gasteiger partial charge in [0.15, 0.2) is 0 Å². The molecule has 0 aliphatic heterocycles. The van der Waals surface area contributed by atoms with Crippen molar-refractivity contribution < 1.29 is 9.18 Å². The summed E-state index contributed by atoms with van der Waals surface area (Å²) in [5.74, 6) is -0.222. The molecule has 1 amide bonds. The highest BCUT2D eigenvalue weighted by molar-refractivity contribution is 5.77. The Morgan fingerprint density at radius 3 is 2.48 bits per heavy atom. The van der Waals surface area contributed by atoms with Crippen molar-refractivity contribution >= 4 is 5.91 Å². The third-order valence-electron chi connectivity index (χ3n) is 4.63. The topological polar surface area (TPSA) is 55.1 Å². The van der Waals surface area contributed by atoms with Gasteiger partial charge in [-0.1, -0.05) is 31.4 Å². The van der Waals surface area contributed by atoms with Crippen LogP contribution in [-0.2, 0) is 4.79 Å². The summed E-state index contributed by atoms with van der Waals surface area (Å²) < 4.78 is 12.9. The Hall–Kier alpha value is -1.42. The van der Waals surface area contributed by atoms with Crippen LogP contribution < -0.4 is 11.1 Å². The molecule has 1 aliphatic carbocycles. The Morgan fingerprint density at radius 1 is 1.29 bits per heavy atom. The summed E-state index contributed by atoms with van der Waals surface area (Å²) in [5, 5.41) is 3.01. The first-order valence-electron chi connectivity index (χ1n) is 7.80. The van der Waals surface area contributed by atoms with Gasteiger partial charge in [-0.15, -0.1) is 0 Å². The molecule has 1 aliphatic rings. The number of rotatable bonds is 5. The monoisotopic (exact) mass is 292 g/mol. The molecule has 116 valence electrons. The zero-order chi connectivity index (χ0) is 15.3. The number of carbonyl (C=O) groups is 1. The number of nitrogens with one attached hydrogen (secondary N) is 1. The first-order chi connectivity index (χ1) is 10.0. The van der Waals surface area contributed by atoms with Crippen LogP contribution in [-0.4, -0.2) is 12.5 Å². The molecular formula is C17H25FN2O. The standard InChI is InChI=1S/C17H25FN2O/c1-13(14-5-7-15(18)8-6-14)20-16(21)11-17(12-19)9-3-2-4-10-17/h5-8,13H,2-4,9-12,19H2,1H3,(H,20,21). The maximum atomic E-state index is 12.9. The van der Waals surface area contributed by atoms with Crippen LogP contribution in [0.1, 0.15) is 57.1 Å². The van der Waals surface area contributed by atoms with E-state index >= 15 is 0 Å². The summed E-state index contributed by atoms with van der Waals surface area (Å²) >= 11 is 0. The molecule has 0 radical (unpaired) electrons. The number of carbonyl (C=O) groups excluding carboxylic acids is 1. The molecule has 1 fully saturated rings. The van der Waals surface area contributed by atoms with Crippen molar-refractivity contribution in [1.82, 2.24) is 5.32 Å². The minimum Gasteiger partial charge on any atom is -0.350 e.